The first-order chi connectivity index (χ1) is 9.69. The molecule has 0 saturated carbocycles. The Morgan fingerprint density at radius 2 is 2.35 bits per heavy atom. The SMILES string of the molecule is COC(CNC(=O)C=Cc1ccoc1)c1ccc(C)s1. The van der Waals surface area contributed by atoms with Gasteiger partial charge in [-0.1, -0.05) is 0 Å². The van der Waals surface area contributed by atoms with E-state index < -0.39 is 0 Å². The van der Waals surface area contributed by atoms with Crippen LogP contribution in [0, 0.1) is 6.92 Å². The molecule has 0 aromatic carbocycles. The molecule has 0 bridgehead atoms. The topological polar surface area (TPSA) is 51.5 Å². The Balaban J connectivity index is 1.85. The fourth-order valence-electron chi connectivity index (χ4n) is 1.72. The molecule has 1 amide bonds. The lowest BCUT2D eigenvalue weighted by atomic mass is 10.2. The number of carbonyl (C=O) groups excluding carboxylic acids is 1. The largest absolute Gasteiger partial charge is 0.472 e. The molecule has 1 unspecified atom stereocenters. The minimum atomic E-state index is -0.151. The van der Waals surface area contributed by atoms with Crippen LogP contribution in [0.15, 0.2) is 41.2 Å². The monoisotopic (exact) mass is 291 g/mol. The Morgan fingerprint density at radius 1 is 1.50 bits per heavy atom. The number of furan rings is 1. The highest BCUT2D eigenvalue weighted by Crippen LogP contribution is 2.24. The van der Waals surface area contributed by atoms with Gasteiger partial charge in [-0.2, -0.15) is 0 Å². The number of ether oxygens (including phenoxy) is 1. The maximum absolute atomic E-state index is 11.7. The molecule has 0 saturated heterocycles. The normalized spacial score (nSPS) is 12.7. The third-order valence-electron chi connectivity index (χ3n) is 2.80. The van der Waals surface area contributed by atoms with Crippen LogP contribution in [-0.4, -0.2) is 19.6 Å². The second-order valence-corrected chi connectivity index (χ2v) is 5.63. The van der Waals surface area contributed by atoms with Gasteiger partial charge in [-0.05, 0) is 31.2 Å². The van der Waals surface area contributed by atoms with Crippen molar-refractivity contribution in [1.82, 2.24) is 5.32 Å². The Hall–Kier alpha value is -1.85. The summed E-state index contributed by atoms with van der Waals surface area (Å²) in [4.78, 5) is 14.1. The van der Waals surface area contributed by atoms with Crippen LogP contribution in [0.3, 0.4) is 0 Å². The Bertz CT molecular complexity index is 572. The summed E-state index contributed by atoms with van der Waals surface area (Å²) >= 11 is 1.68. The van der Waals surface area contributed by atoms with Crippen LogP contribution in [0.5, 0.6) is 0 Å². The summed E-state index contributed by atoms with van der Waals surface area (Å²) in [6, 6.07) is 5.87. The van der Waals surface area contributed by atoms with Crippen LogP contribution < -0.4 is 5.32 Å². The molecular formula is C15H17NO3S. The smallest absolute Gasteiger partial charge is 0.244 e. The van der Waals surface area contributed by atoms with E-state index in [-0.39, 0.29) is 12.0 Å². The Kier molecular flexibility index (Phi) is 5.15. The molecule has 0 fully saturated rings. The minimum Gasteiger partial charge on any atom is -0.472 e. The summed E-state index contributed by atoms with van der Waals surface area (Å²) in [5.74, 6) is -0.151. The number of methoxy groups -OCH3 is 1. The number of hydrogen-bond acceptors (Lipinski definition) is 4. The van der Waals surface area contributed by atoms with E-state index in [0.717, 1.165) is 10.4 Å². The molecule has 0 spiro atoms. The molecule has 1 N–H and O–H groups in total. The van der Waals surface area contributed by atoms with E-state index in [2.05, 4.69) is 5.32 Å². The minimum absolute atomic E-state index is 0.111. The molecule has 2 aromatic rings. The first-order valence-corrected chi connectivity index (χ1v) is 7.08. The van der Waals surface area contributed by atoms with E-state index in [1.54, 1.807) is 43.1 Å². The van der Waals surface area contributed by atoms with Gasteiger partial charge in [0.05, 0.1) is 12.5 Å². The van der Waals surface area contributed by atoms with E-state index >= 15 is 0 Å². The van der Waals surface area contributed by atoms with Crippen LogP contribution in [-0.2, 0) is 9.53 Å². The van der Waals surface area contributed by atoms with Crippen molar-refractivity contribution in [1.29, 1.82) is 0 Å². The van der Waals surface area contributed by atoms with Gasteiger partial charge in [-0.15, -0.1) is 11.3 Å². The van der Waals surface area contributed by atoms with Crippen LogP contribution in [0.2, 0.25) is 0 Å². The number of aryl methyl sites for hydroxylation is 1. The van der Waals surface area contributed by atoms with Gasteiger partial charge in [-0.25, -0.2) is 0 Å². The summed E-state index contributed by atoms with van der Waals surface area (Å²) < 4.78 is 10.3. The van der Waals surface area contributed by atoms with Gasteiger partial charge in [0.1, 0.15) is 6.10 Å². The maximum atomic E-state index is 11.7. The fourth-order valence-corrected chi connectivity index (χ4v) is 2.68. The van der Waals surface area contributed by atoms with Crippen molar-refractivity contribution in [3.63, 3.8) is 0 Å². The highest BCUT2D eigenvalue weighted by Gasteiger charge is 2.13. The number of rotatable bonds is 6. The van der Waals surface area contributed by atoms with Crippen LogP contribution >= 0.6 is 11.3 Å². The molecule has 4 nitrogen and oxygen atoms in total. The summed E-state index contributed by atoms with van der Waals surface area (Å²) in [7, 11) is 1.65. The van der Waals surface area contributed by atoms with Crippen LogP contribution in [0.4, 0.5) is 0 Å². The van der Waals surface area contributed by atoms with Crippen molar-refractivity contribution in [3.8, 4) is 0 Å². The van der Waals surface area contributed by atoms with E-state index in [4.69, 9.17) is 9.15 Å². The van der Waals surface area contributed by atoms with Gasteiger partial charge >= 0.3 is 0 Å². The lowest BCUT2D eigenvalue weighted by Crippen LogP contribution is -2.27. The molecule has 0 aliphatic carbocycles. The molecule has 1 atom stereocenters. The summed E-state index contributed by atoms with van der Waals surface area (Å²) in [6.45, 7) is 2.50. The van der Waals surface area contributed by atoms with Gasteiger partial charge in [0.25, 0.3) is 0 Å². The second kappa shape index (κ2) is 7.07. The van der Waals surface area contributed by atoms with Gasteiger partial charge in [0.2, 0.25) is 5.91 Å². The van der Waals surface area contributed by atoms with E-state index in [1.807, 2.05) is 19.1 Å². The summed E-state index contributed by atoms with van der Waals surface area (Å²) in [5.41, 5.74) is 0.859. The molecule has 20 heavy (non-hydrogen) atoms. The zero-order chi connectivity index (χ0) is 14.4. The number of amides is 1. The molecule has 2 aromatic heterocycles. The fraction of sp³-hybridized carbons (Fsp3) is 0.267. The first-order valence-electron chi connectivity index (χ1n) is 6.26. The van der Waals surface area contributed by atoms with E-state index in [9.17, 15) is 4.79 Å². The lowest BCUT2D eigenvalue weighted by molar-refractivity contribution is -0.117. The maximum Gasteiger partial charge on any atom is 0.244 e. The highest BCUT2D eigenvalue weighted by atomic mass is 32.1. The van der Waals surface area contributed by atoms with Crippen LogP contribution in [0.1, 0.15) is 21.4 Å². The van der Waals surface area contributed by atoms with Crippen molar-refractivity contribution in [3.05, 3.63) is 52.1 Å². The van der Waals surface area contributed by atoms with Crippen molar-refractivity contribution in [2.45, 2.75) is 13.0 Å². The second-order valence-electron chi connectivity index (χ2n) is 4.31. The summed E-state index contributed by atoms with van der Waals surface area (Å²) in [5, 5.41) is 2.83. The van der Waals surface area contributed by atoms with Crippen LogP contribution in [0.25, 0.3) is 6.08 Å². The van der Waals surface area contributed by atoms with E-state index in [1.165, 1.54) is 11.0 Å². The van der Waals surface area contributed by atoms with Crippen molar-refractivity contribution < 1.29 is 13.9 Å². The zero-order valence-corrected chi connectivity index (χ0v) is 12.3. The predicted molar refractivity (Wildman–Crippen MR) is 79.6 cm³/mol. The van der Waals surface area contributed by atoms with Crippen molar-refractivity contribution in [2.24, 2.45) is 0 Å². The van der Waals surface area contributed by atoms with Gasteiger partial charge < -0.3 is 14.5 Å². The zero-order valence-electron chi connectivity index (χ0n) is 11.5. The quantitative estimate of drug-likeness (QED) is 0.832. The Morgan fingerprint density at radius 3 is 2.95 bits per heavy atom. The molecule has 2 heterocycles. The molecule has 106 valence electrons. The number of nitrogens with one attached hydrogen (secondary N) is 1. The van der Waals surface area contributed by atoms with Gasteiger partial charge in [0, 0.05) is 35.0 Å². The molecule has 0 radical (unpaired) electrons. The standard InChI is InChI=1S/C15H17NO3S/c1-11-3-5-14(20-11)13(18-2)9-16-15(17)6-4-12-7-8-19-10-12/h3-8,10,13H,9H2,1-2H3,(H,16,17). The van der Waals surface area contributed by atoms with Crippen molar-refractivity contribution >= 4 is 23.3 Å². The van der Waals surface area contributed by atoms with Gasteiger partial charge in [-0.3, -0.25) is 4.79 Å². The average molecular weight is 291 g/mol. The van der Waals surface area contributed by atoms with E-state index in [0.29, 0.717) is 6.54 Å². The molecule has 2 rings (SSSR count). The molecule has 5 heteroatoms. The molecular weight excluding hydrogens is 274 g/mol. The lowest BCUT2D eigenvalue weighted by Gasteiger charge is -2.13. The third kappa shape index (κ3) is 4.08. The predicted octanol–water partition coefficient (Wildman–Crippen LogP) is 3.17. The third-order valence-corrected chi connectivity index (χ3v) is 3.89. The number of carbonyl (C=O) groups is 1. The molecule has 0 aliphatic rings. The van der Waals surface area contributed by atoms with Crippen molar-refractivity contribution in [2.75, 3.05) is 13.7 Å². The highest BCUT2D eigenvalue weighted by molar-refractivity contribution is 7.12. The first kappa shape index (κ1) is 14.6. The Labute approximate surface area is 122 Å². The molecule has 0 aliphatic heterocycles. The van der Waals surface area contributed by atoms with Gasteiger partial charge in [0.15, 0.2) is 0 Å². The summed E-state index contributed by atoms with van der Waals surface area (Å²) in [6.07, 6.45) is 6.22. The number of hydrogen-bond donors (Lipinski definition) is 1. The average Bonchev–Trinajstić information content (AvgIpc) is 3.09. The number of thiophene rings is 1.